The predicted octanol–water partition coefficient (Wildman–Crippen LogP) is 5.97. The summed E-state index contributed by atoms with van der Waals surface area (Å²) in [7, 11) is 1.87. The quantitative estimate of drug-likeness (QED) is 0.263. The lowest BCUT2D eigenvalue weighted by Gasteiger charge is -2.07. The van der Waals surface area contributed by atoms with Crippen molar-refractivity contribution in [2.75, 3.05) is 11.1 Å². The van der Waals surface area contributed by atoms with Gasteiger partial charge in [-0.1, -0.05) is 41.6 Å². The molecule has 3 heterocycles. The third kappa shape index (κ3) is 5.15. The van der Waals surface area contributed by atoms with Gasteiger partial charge in [-0.05, 0) is 29.8 Å². The number of carbonyl (C=O) groups is 1. The third-order valence-electron chi connectivity index (χ3n) is 5.31. The molecule has 5 rings (SSSR count). The van der Waals surface area contributed by atoms with Crippen molar-refractivity contribution in [3.63, 3.8) is 0 Å². The number of thioether (sulfide) groups is 1. The van der Waals surface area contributed by atoms with Gasteiger partial charge in [0.2, 0.25) is 11.1 Å². The lowest BCUT2D eigenvalue weighted by molar-refractivity contribution is -0.137. The number of alkyl halides is 3. The van der Waals surface area contributed by atoms with Crippen LogP contribution in [0.1, 0.15) is 16.0 Å². The van der Waals surface area contributed by atoms with Crippen molar-refractivity contribution in [1.29, 1.82) is 0 Å². The van der Waals surface area contributed by atoms with E-state index >= 15 is 0 Å². The number of carbonyl (C=O) groups excluding carboxylic acids is 1. The second kappa shape index (κ2) is 9.68. The average molecular weight is 549 g/mol. The van der Waals surface area contributed by atoms with Crippen LogP contribution in [0.2, 0.25) is 5.02 Å². The number of fused-ring (bicyclic) bond motifs is 3. The molecule has 1 amide bonds. The van der Waals surface area contributed by atoms with Crippen LogP contribution in [0.25, 0.3) is 22.1 Å². The number of anilines is 1. The van der Waals surface area contributed by atoms with Gasteiger partial charge in [0.15, 0.2) is 10.8 Å². The number of aryl methyl sites for hydroxylation is 1. The first-order valence-corrected chi connectivity index (χ1v) is 12.7. The van der Waals surface area contributed by atoms with E-state index in [4.69, 9.17) is 11.6 Å². The highest BCUT2D eigenvalue weighted by Gasteiger charge is 2.30. The van der Waals surface area contributed by atoms with Crippen LogP contribution in [-0.2, 0) is 24.4 Å². The number of benzene rings is 2. The van der Waals surface area contributed by atoms with Gasteiger partial charge in [-0.2, -0.15) is 13.2 Å². The molecular formula is C23H16ClF3N6OS2. The van der Waals surface area contributed by atoms with Crippen LogP contribution < -0.4 is 5.32 Å². The van der Waals surface area contributed by atoms with E-state index in [9.17, 15) is 18.0 Å². The molecule has 0 saturated heterocycles. The number of aromatic nitrogens is 5. The minimum atomic E-state index is -4.40. The number of amides is 1. The molecule has 1 N–H and O–H groups in total. The normalized spacial score (nSPS) is 11.9. The molecule has 0 aliphatic rings. The summed E-state index contributed by atoms with van der Waals surface area (Å²) in [6.45, 7) is 0. The van der Waals surface area contributed by atoms with Crippen molar-refractivity contribution in [3.05, 3.63) is 69.7 Å². The molecule has 0 aliphatic carbocycles. The summed E-state index contributed by atoms with van der Waals surface area (Å²) in [6.07, 6.45) is -2.57. The Morgan fingerprint density at radius 3 is 2.83 bits per heavy atom. The highest BCUT2D eigenvalue weighted by molar-refractivity contribution is 7.99. The van der Waals surface area contributed by atoms with E-state index in [1.54, 1.807) is 18.3 Å². The van der Waals surface area contributed by atoms with E-state index < -0.39 is 11.7 Å². The Morgan fingerprint density at radius 1 is 1.19 bits per heavy atom. The Hall–Kier alpha value is -3.22. The molecule has 0 unspecified atom stereocenters. The largest absolute Gasteiger partial charge is 0.416 e. The maximum atomic E-state index is 12.9. The lowest BCUT2D eigenvalue weighted by atomic mass is 10.1. The molecule has 0 radical (unpaired) electrons. The zero-order chi connectivity index (χ0) is 25.4. The van der Waals surface area contributed by atoms with E-state index in [2.05, 4.69) is 25.5 Å². The van der Waals surface area contributed by atoms with Gasteiger partial charge in [0, 0.05) is 35.0 Å². The topological polar surface area (TPSA) is 85.6 Å². The number of rotatable bonds is 6. The molecule has 5 aromatic rings. The van der Waals surface area contributed by atoms with Crippen LogP contribution in [0.15, 0.2) is 53.8 Å². The molecule has 2 aromatic carbocycles. The monoisotopic (exact) mass is 548 g/mol. The van der Waals surface area contributed by atoms with Crippen LogP contribution >= 0.6 is 34.7 Å². The lowest BCUT2D eigenvalue weighted by Crippen LogP contribution is -2.14. The Morgan fingerprint density at radius 2 is 2.03 bits per heavy atom. The van der Waals surface area contributed by atoms with E-state index in [1.165, 1.54) is 17.4 Å². The van der Waals surface area contributed by atoms with E-state index in [1.807, 2.05) is 23.7 Å². The van der Waals surface area contributed by atoms with Gasteiger partial charge in [-0.25, -0.2) is 9.97 Å². The fourth-order valence-electron chi connectivity index (χ4n) is 3.67. The third-order valence-corrected chi connectivity index (χ3v) is 7.29. The number of nitrogens with one attached hydrogen (secondary N) is 1. The van der Waals surface area contributed by atoms with Crippen LogP contribution in [0.5, 0.6) is 0 Å². The molecular weight excluding hydrogens is 533 g/mol. The summed E-state index contributed by atoms with van der Waals surface area (Å²) in [5.41, 5.74) is 1.99. The molecule has 0 atom stereocenters. The van der Waals surface area contributed by atoms with Crippen molar-refractivity contribution in [2.45, 2.75) is 17.8 Å². The zero-order valence-corrected chi connectivity index (χ0v) is 20.9. The second-order valence-electron chi connectivity index (χ2n) is 7.83. The molecule has 13 heteroatoms. The Bertz CT molecular complexity index is 1600. The Balaban J connectivity index is 1.22. The number of hydrogen-bond donors (Lipinski definition) is 1. The van der Waals surface area contributed by atoms with Crippen molar-refractivity contribution >= 4 is 67.8 Å². The van der Waals surface area contributed by atoms with Gasteiger partial charge in [0.25, 0.3) is 0 Å². The molecule has 7 nitrogen and oxygen atoms in total. The van der Waals surface area contributed by atoms with Crippen molar-refractivity contribution in [1.82, 2.24) is 24.7 Å². The fraction of sp³-hybridized carbons (Fsp3) is 0.174. The van der Waals surface area contributed by atoms with Crippen LogP contribution in [0, 0.1) is 0 Å². The van der Waals surface area contributed by atoms with Gasteiger partial charge >= 0.3 is 6.18 Å². The molecule has 184 valence electrons. The predicted molar refractivity (Wildman–Crippen MR) is 135 cm³/mol. The first kappa shape index (κ1) is 24.5. The van der Waals surface area contributed by atoms with Gasteiger partial charge in [-0.3, -0.25) is 4.79 Å². The van der Waals surface area contributed by atoms with Gasteiger partial charge in [0.05, 0.1) is 16.8 Å². The first-order chi connectivity index (χ1) is 17.2. The number of hydrogen-bond acceptors (Lipinski definition) is 7. The molecule has 0 fully saturated rings. The van der Waals surface area contributed by atoms with Crippen LogP contribution in [0.4, 0.5) is 18.3 Å². The second-order valence-corrected chi connectivity index (χ2v) is 10.3. The summed E-state index contributed by atoms with van der Waals surface area (Å²) >= 11 is 8.44. The zero-order valence-electron chi connectivity index (χ0n) is 18.5. The summed E-state index contributed by atoms with van der Waals surface area (Å²) in [5.74, 6) is -0.279. The van der Waals surface area contributed by atoms with Crippen LogP contribution in [0.3, 0.4) is 0 Å². The Labute approximate surface area is 215 Å². The molecule has 0 spiro atoms. The average Bonchev–Trinajstić information content (AvgIpc) is 3.38. The highest BCUT2D eigenvalue weighted by atomic mass is 35.5. The van der Waals surface area contributed by atoms with E-state index in [0.29, 0.717) is 32.0 Å². The molecule has 0 aliphatic heterocycles. The van der Waals surface area contributed by atoms with Crippen LogP contribution in [-0.4, -0.2) is 36.4 Å². The standard InChI is InChI=1S/C23H16ClF3N6OS2/c1-33-17-6-5-14(24)9-16(17)19-20(33)30-22(32-31-19)35-11-18(34)29-21-28-10-15(36-21)8-12-3-2-4-13(7-12)23(25,26)27/h2-7,9-10H,8,11H2,1H3,(H,28,29,34). The number of thiazole rings is 1. The van der Waals surface area contributed by atoms with Crippen molar-refractivity contribution in [3.8, 4) is 0 Å². The molecule has 36 heavy (non-hydrogen) atoms. The maximum absolute atomic E-state index is 12.9. The number of nitrogens with zero attached hydrogens (tertiary/aromatic N) is 5. The van der Waals surface area contributed by atoms with Gasteiger partial charge < -0.3 is 9.88 Å². The fourth-order valence-corrected chi connectivity index (χ4v) is 5.29. The van der Waals surface area contributed by atoms with Gasteiger partial charge in [-0.15, -0.1) is 21.5 Å². The SMILES string of the molecule is Cn1c2ccc(Cl)cc2c2nnc(SCC(=O)Nc3ncc(Cc4cccc(C(F)(F)F)c4)s3)nc21. The minimum absolute atomic E-state index is 0.0332. The summed E-state index contributed by atoms with van der Waals surface area (Å²) in [5, 5.41) is 13.2. The van der Waals surface area contributed by atoms with Gasteiger partial charge in [0.1, 0.15) is 5.52 Å². The van der Waals surface area contributed by atoms with Crippen molar-refractivity contribution in [2.24, 2.45) is 7.05 Å². The summed E-state index contributed by atoms with van der Waals surface area (Å²) in [4.78, 5) is 21.9. The minimum Gasteiger partial charge on any atom is -0.327 e. The molecule has 3 aromatic heterocycles. The van der Waals surface area contributed by atoms with E-state index in [-0.39, 0.29) is 18.1 Å². The maximum Gasteiger partial charge on any atom is 0.416 e. The van der Waals surface area contributed by atoms with E-state index in [0.717, 1.165) is 39.7 Å². The van der Waals surface area contributed by atoms with Crippen molar-refractivity contribution < 1.29 is 18.0 Å². The molecule has 0 saturated carbocycles. The Kier molecular flexibility index (Phi) is 6.58. The molecule has 0 bridgehead atoms. The smallest absolute Gasteiger partial charge is 0.327 e. The first-order valence-electron chi connectivity index (χ1n) is 10.5. The summed E-state index contributed by atoms with van der Waals surface area (Å²) < 4.78 is 40.7. The highest BCUT2D eigenvalue weighted by Crippen LogP contribution is 2.31. The number of halogens is 4. The summed E-state index contributed by atoms with van der Waals surface area (Å²) in [6, 6.07) is 10.6.